The summed E-state index contributed by atoms with van der Waals surface area (Å²) in [6, 6.07) is 11.7. The number of benzene rings is 2. The number of rotatable bonds is 7. The number of ether oxygens (including phenoxy) is 2. The Morgan fingerprint density at radius 3 is 2.68 bits per heavy atom. The van der Waals surface area contributed by atoms with Crippen LogP contribution in [0, 0.1) is 5.82 Å². The average molecular weight is 385 g/mol. The van der Waals surface area contributed by atoms with Crippen molar-refractivity contribution in [3.63, 3.8) is 0 Å². The number of carbonyl (C=O) groups is 1. The zero-order valence-corrected chi connectivity index (χ0v) is 15.9. The standard InChI is InChI=1S/C21H24FN3O3/c1-2-11-28-18-6-4-17(5-7-18)21(26)24-23-15-16-3-8-20(19(22)14-16)25-9-12-27-13-10-25/h3-8,14-15H,2,9-13H2,1H3,(H,24,26)/b23-15-. The first-order chi connectivity index (χ1) is 13.7. The largest absolute Gasteiger partial charge is 0.494 e. The highest BCUT2D eigenvalue weighted by Gasteiger charge is 2.15. The van der Waals surface area contributed by atoms with E-state index in [9.17, 15) is 9.18 Å². The van der Waals surface area contributed by atoms with E-state index < -0.39 is 0 Å². The fourth-order valence-corrected chi connectivity index (χ4v) is 2.82. The van der Waals surface area contributed by atoms with Crippen LogP contribution >= 0.6 is 0 Å². The minimum atomic E-state index is -0.344. The summed E-state index contributed by atoms with van der Waals surface area (Å²) < 4.78 is 25.1. The quantitative estimate of drug-likeness (QED) is 0.587. The van der Waals surface area contributed by atoms with Gasteiger partial charge in [0.05, 0.1) is 31.7 Å². The van der Waals surface area contributed by atoms with Gasteiger partial charge in [-0.1, -0.05) is 13.0 Å². The van der Waals surface area contributed by atoms with E-state index in [1.54, 1.807) is 36.4 Å². The summed E-state index contributed by atoms with van der Waals surface area (Å²) in [6.07, 6.45) is 2.34. The minimum Gasteiger partial charge on any atom is -0.494 e. The van der Waals surface area contributed by atoms with Gasteiger partial charge in [0, 0.05) is 18.7 Å². The summed E-state index contributed by atoms with van der Waals surface area (Å²) in [6.45, 7) is 5.20. The molecule has 148 valence electrons. The van der Waals surface area contributed by atoms with E-state index in [0.29, 0.717) is 49.7 Å². The van der Waals surface area contributed by atoms with Gasteiger partial charge in [-0.2, -0.15) is 5.10 Å². The Morgan fingerprint density at radius 1 is 1.25 bits per heavy atom. The molecule has 1 saturated heterocycles. The van der Waals surface area contributed by atoms with E-state index in [1.165, 1.54) is 12.3 Å². The molecular weight excluding hydrogens is 361 g/mol. The highest BCUT2D eigenvalue weighted by Crippen LogP contribution is 2.21. The van der Waals surface area contributed by atoms with E-state index in [-0.39, 0.29) is 11.7 Å². The van der Waals surface area contributed by atoms with E-state index in [2.05, 4.69) is 10.5 Å². The van der Waals surface area contributed by atoms with Crippen LogP contribution < -0.4 is 15.1 Å². The molecule has 0 bridgehead atoms. The van der Waals surface area contributed by atoms with Crippen LogP contribution in [0.15, 0.2) is 47.6 Å². The van der Waals surface area contributed by atoms with Gasteiger partial charge in [-0.25, -0.2) is 9.82 Å². The van der Waals surface area contributed by atoms with Gasteiger partial charge in [0.25, 0.3) is 5.91 Å². The predicted molar refractivity (Wildman–Crippen MR) is 107 cm³/mol. The lowest BCUT2D eigenvalue weighted by Crippen LogP contribution is -2.36. The van der Waals surface area contributed by atoms with Crippen molar-refractivity contribution < 1.29 is 18.7 Å². The molecule has 28 heavy (non-hydrogen) atoms. The molecule has 7 heteroatoms. The number of nitrogens with one attached hydrogen (secondary N) is 1. The van der Waals surface area contributed by atoms with Crippen molar-refractivity contribution in [1.29, 1.82) is 0 Å². The van der Waals surface area contributed by atoms with Gasteiger partial charge in [-0.15, -0.1) is 0 Å². The molecule has 6 nitrogen and oxygen atoms in total. The zero-order chi connectivity index (χ0) is 19.8. The third-order valence-corrected chi connectivity index (χ3v) is 4.29. The first-order valence-electron chi connectivity index (χ1n) is 9.36. The zero-order valence-electron chi connectivity index (χ0n) is 15.9. The van der Waals surface area contributed by atoms with Gasteiger partial charge in [-0.3, -0.25) is 4.79 Å². The Bertz CT molecular complexity index is 818. The van der Waals surface area contributed by atoms with Crippen LogP contribution in [0.3, 0.4) is 0 Å². The molecule has 0 radical (unpaired) electrons. The second-order valence-electron chi connectivity index (χ2n) is 6.38. The smallest absolute Gasteiger partial charge is 0.271 e. The lowest BCUT2D eigenvalue weighted by atomic mass is 10.2. The second kappa shape index (κ2) is 9.85. The highest BCUT2D eigenvalue weighted by molar-refractivity contribution is 5.95. The molecule has 0 aromatic heterocycles. The van der Waals surface area contributed by atoms with Crippen molar-refractivity contribution in [2.75, 3.05) is 37.8 Å². The third kappa shape index (κ3) is 5.29. The maximum absolute atomic E-state index is 14.4. The van der Waals surface area contributed by atoms with Crippen LogP contribution in [0.2, 0.25) is 0 Å². The van der Waals surface area contributed by atoms with Gasteiger partial charge in [0.1, 0.15) is 11.6 Å². The van der Waals surface area contributed by atoms with Crippen LogP contribution in [-0.2, 0) is 4.74 Å². The third-order valence-electron chi connectivity index (χ3n) is 4.29. The summed E-state index contributed by atoms with van der Waals surface area (Å²) in [5.41, 5.74) is 4.03. The summed E-state index contributed by atoms with van der Waals surface area (Å²) >= 11 is 0. The SMILES string of the molecule is CCCOc1ccc(C(=O)N/N=C\c2ccc(N3CCOCC3)c(F)c2)cc1. The number of morpholine rings is 1. The molecule has 2 aromatic carbocycles. The maximum Gasteiger partial charge on any atom is 0.271 e. The molecule has 1 aliphatic rings. The molecule has 0 spiro atoms. The molecule has 0 atom stereocenters. The molecule has 1 aliphatic heterocycles. The van der Waals surface area contributed by atoms with E-state index in [0.717, 1.165) is 12.2 Å². The number of hydrogen-bond acceptors (Lipinski definition) is 5. The minimum absolute atomic E-state index is 0.320. The normalized spacial score (nSPS) is 14.3. The molecule has 1 amide bonds. The predicted octanol–water partition coefficient (Wildman–Crippen LogP) is 3.22. The van der Waals surface area contributed by atoms with Crippen LogP contribution in [0.1, 0.15) is 29.3 Å². The van der Waals surface area contributed by atoms with Crippen LogP contribution in [0.4, 0.5) is 10.1 Å². The van der Waals surface area contributed by atoms with E-state index in [4.69, 9.17) is 9.47 Å². The van der Waals surface area contributed by atoms with Gasteiger partial charge in [-0.05, 0) is 48.4 Å². The Balaban J connectivity index is 1.56. The molecule has 2 aromatic rings. The summed E-state index contributed by atoms with van der Waals surface area (Å²) in [7, 11) is 0. The first kappa shape index (κ1) is 19.8. The number of amides is 1. The summed E-state index contributed by atoms with van der Waals surface area (Å²) in [5.74, 6) is 0.0567. The number of halogens is 1. The van der Waals surface area contributed by atoms with Crippen molar-refractivity contribution in [2.24, 2.45) is 5.10 Å². The Labute approximate surface area is 163 Å². The van der Waals surface area contributed by atoms with Crippen LogP contribution in [0.5, 0.6) is 5.75 Å². The Kier molecular flexibility index (Phi) is 6.97. The number of hydrazone groups is 1. The number of carbonyl (C=O) groups excluding carboxylic acids is 1. The van der Waals surface area contributed by atoms with Crippen molar-refractivity contribution in [2.45, 2.75) is 13.3 Å². The number of nitrogens with zero attached hydrogens (tertiary/aromatic N) is 2. The molecule has 1 fully saturated rings. The lowest BCUT2D eigenvalue weighted by molar-refractivity contribution is 0.0955. The fourth-order valence-electron chi connectivity index (χ4n) is 2.82. The highest BCUT2D eigenvalue weighted by atomic mass is 19.1. The summed E-state index contributed by atoms with van der Waals surface area (Å²) in [5, 5.41) is 3.92. The Morgan fingerprint density at radius 2 is 2.00 bits per heavy atom. The van der Waals surface area contributed by atoms with Gasteiger partial charge < -0.3 is 14.4 Å². The van der Waals surface area contributed by atoms with E-state index in [1.807, 2.05) is 11.8 Å². The molecule has 1 N–H and O–H groups in total. The van der Waals surface area contributed by atoms with Gasteiger partial charge in [0.2, 0.25) is 0 Å². The van der Waals surface area contributed by atoms with Crippen molar-refractivity contribution in [3.8, 4) is 5.75 Å². The Hall–Kier alpha value is -2.93. The second-order valence-corrected chi connectivity index (χ2v) is 6.38. The number of anilines is 1. The van der Waals surface area contributed by atoms with Crippen LogP contribution in [0.25, 0.3) is 0 Å². The first-order valence-corrected chi connectivity index (χ1v) is 9.36. The monoisotopic (exact) mass is 385 g/mol. The average Bonchev–Trinajstić information content (AvgIpc) is 2.73. The molecule has 0 aliphatic carbocycles. The number of hydrogen-bond donors (Lipinski definition) is 1. The summed E-state index contributed by atoms with van der Waals surface area (Å²) in [4.78, 5) is 14.1. The van der Waals surface area contributed by atoms with Crippen molar-refractivity contribution >= 4 is 17.8 Å². The topological polar surface area (TPSA) is 63.2 Å². The molecule has 0 saturated carbocycles. The fraction of sp³-hybridized carbons (Fsp3) is 0.333. The molecule has 1 heterocycles. The molecule has 3 rings (SSSR count). The van der Waals surface area contributed by atoms with Gasteiger partial charge in [0.15, 0.2) is 0 Å². The molecule has 0 unspecified atom stereocenters. The molecular formula is C21H24FN3O3. The lowest BCUT2D eigenvalue weighted by Gasteiger charge is -2.29. The van der Waals surface area contributed by atoms with Gasteiger partial charge >= 0.3 is 0 Å². The van der Waals surface area contributed by atoms with Crippen molar-refractivity contribution in [1.82, 2.24) is 5.43 Å². The maximum atomic E-state index is 14.4. The van der Waals surface area contributed by atoms with E-state index >= 15 is 0 Å². The van der Waals surface area contributed by atoms with Crippen molar-refractivity contribution in [3.05, 3.63) is 59.4 Å². The van der Waals surface area contributed by atoms with Crippen LogP contribution in [-0.4, -0.2) is 45.0 Å².